The van der Waals surface area contributed by atoms with Gasteiger partial charge in [0.2, 0.25) is 0 Å². The second-order valence-electron chi connectivity index (χ2n) is 4.49. The first-order valence-electron chi connectivity index (χ1n) is 6.20. The van der Waals surface area contributed by atoms with Crippen LogP contribution in [0.2, 0.25) is 0 Å². The maximum absolute atomic E-state index is 12.0. The quantitative estimate of drug-likeness (QED) is 0.707. The molecule has 1 aromatic rings. The van der Waals surface area contributed by atoms with E-state index in [1.165, 1.54) is 10.9 Å². The molecule has 0 radical (unpaired) electrons. The summed E-state index contributed by atoms with van der Waals surface area (Å²) in [6.07, 6.45) is 3.14. The van der Waals surface area contributed by atoms with Crippen LogP contribution in [0.3, 0.4) is 0 Å². The molecule has 0 spiro atoms. The number of carbonyl (C=O) groups excluding carboxylic acids is 1. The maximum atomic E-state index is 12.0. The number of hydrogen-bond donors (Lipinski definition) is 2. The summed E-state index contributed by atoms with van der Waals surface area (Å²) >= 11 is 0. The van der Waals surface area contributed by atoms with Gasteiger partial charge >= 0.3 is 12.0 Å². The van der Waals surface area contributed by atoms with Crippen LogP contribution in [0.5, 0.6) is 0 Å². The van der Waals surface area contributed by atoms with E-state index in [2.05, 4.69) is 22.2 Å². The van der Waals surface area contributed by atoms with Gasteiger partial charge in [-0.2, -0.15) is 0 Å². The summed E-state index contributed by atoms with van der Waals surface area (Å²) in [5.41, 5.74) is 0.502. The Balaban J connectivity index is 2.53. The molecule has 0 bridgehead atoms. The van der Waals surface area contributed by atoms with Gasteiger partial charge in [-0.25, -0.2) is 9.48 Å². The third-order valence-electron chi connectivity index (χ3n) is 2.51. The van der Waals surface area contributed by atoms with Crippen molar-refractivity contribution in [2.24, 2.45) is 0 Å². The van der Waals surface area contributed by atoms with Gasteiger partial charge in [-0.05, 0) is 13.8 Å². The number of nitrogens with zero attached hydrogens (tertiary/aromatic N) is 4. The van der Waals surface area contributed by atoms with Crippen molar-refractivity contribution in [1.29, 1.82) is 0 Å². The molecule has 0 atom stereocenters. The molecule has 1 rings (SSSR count). The van der Waals surface area contributed by atoms with Gasteiger partial charge in [0.05, 0.1) is 12.7 Å². The lowest BCUT2D eigenvalue weighted by Crippen LogP contribution is -2.43. The fourth-order valence-corrected chi connectivity index (χ4v) is 1.57. The Morgan fingerprint density at radius 3 is 2.85 bits per heavy atom. The van der Waals surface area contributed by atoms with Crippen LogP contribution >= 0.6 is 0 Å². The highest BCUT2D eigenvalue weighted by molar-refractivity contribution is 5.74. The van der Waals surface area contributed by atoms with Gasteiger partial charge < -0.3 is 15.3 Å². The highest BCUT2D eigenvalue weighted by atomic mass is 16.4. The van der Waals surface area contributed by atoms with Crippen molar-refractivity contribution in [3.05, 3.63) is 24.5 Å². The van der Waals surface area contributed by atoms with E-state index in [0.29, 0.717) is 12.2 Å². The van der Waals surface area contributed by atoms with E-state index in [1.54, 1.807) is 11.0 Å². The number of amides is 2. The number of hydrogen-bond acceptors (Lipinski definition) is 4. The van der Waals surface area contributed by atoms with Crippen LogP contribution in [0.1, 0.15) is 19.5 Å². The van der Waals surface area contributed by atoms with Crippen molar-refractivity contribution in [2.75, 3.05) is 6.54 Å². The minimum Gasteiger partial charge on any atom is -0.480 e. The standard InChI is InChI=1S/C12H19N5O3/c1-4-5-17(9(2)3)12(20)13-6-10-7-16(15-14-10)8-11(18)19/h4,7,9H,1,5-6,8H2,2-3H3,(H,13,20)(H,18,19). The van der Waals surface area contributed by atoms with Crippen LogP contribution < -0.4 is 5.32 Å². The van der Waals surface area contributed by atoms with Gasteiger partial charge in [-0.15, -0.1) is 11.7 Å². The van der Waals surface area contributed by atoms with Crippen LogP contribution in [0, 0.1) is 0 Å². The van der Waals surface area contributed by atoms with Crippen molar-refractivity contribution in [3.8, 4) is 0 Å². The Morgan fingerprint density at radius 1 is 1.60 bits per heavy atom. The number of aliphatic carboxylic acids is 1. The zero-order valence-corrected chi connectivity index (χ0v) is 11.6. The van der Waals surface area contributed by atoms with Crippen LogP contribution in [-0.4, -0.2) is 49.6 Å². The highest BCUT2D eigenvalue weighted by Gasteiger charge is 2.15. The second-order valence-corrected chi connectivity index (χ2v) is 4.49. The Labute approximate surface area is 117 Å². The van der Waals surface area contributed by atoms with Gasteiger partial charge in [0.1, 0.15) is 12.2 Å². The molecule has 1 aromatic heterocycles. The number of urea groups is 1. The minimum absolute atomic E-state index is 0.0516. The molecule has 8 nitrogen and oxygen atoms in total. The molecule has 0 unspecified atom stereocenters. The maximum Gasteiger partial charge on any atom is 0.325 e. The van der Waals surface area contributed by atoms with E-state index < -0.39 is 5.97 Å². The molecule has 0 saturated heterocycles. The molecule has 110 valence electrons. The van der Waals surface area contributed by atoms with E-state index in [-0.39, 0.29) is 25.2 Å². The van der Waals surface area contributed by atoms with Gasteiger partial charge in [-0.3, -0.25) is 4.79 Å². The van der Waals surface area contributed by atoms with Gasteiger partial charge in [0.15, 0.2) is 0 Å². The second kappa shape index (κ2) is 7.27. The predicted octanol–water partition coefficient (Wildman–Crippen LogP) is 0.469. The zero-order valence-electron chi connectivity index (χ0n) is 11.6. The molecule has 0 aliphatic rings. The highest BCUT2D eigenvalue weighted by Crippen LogP contribution is 2.00. The van der Waals surface area contributed by atoms with Crippen molar-refractivity contribution < 1.29 is 14.7 Å². The topological polar surface area (TPSA) is 100 Å². The van der Waals surface area contributed by atoms with E-state index in [1.807, 2.05) is 13.8 Å². The molecule has 0 aliphatic heterocycles. The van der Waals surface area contributed by atoms with E-state index >= 15 is 0 Å². The molecule has 2 amide bonds. The molecule has 0 saturated carbocycles. The molecule has 1 heterocycles. The average Bonchev–Trinajstić information content (AvgIpc) is 2.79. The van der Waals surface area contributed by atoms with Crippen molar-refractivity contribution in [2.45, 2.75) is 33.0 Å². The summed E-state index contributed by atoms with van der Waals surface area (Å²) in [7, 11) is 0. The Bertz CT molecular complexity index is 483. The van der Waals surface area contributed by atoms with E-state index in [4.69, 9.17) is 5.11 Å². The minimum atomic E-state index is -0.998. The third kappa shape index (κ3) is 4.71. The fraction of sp³-hybridized carbons (Fsp3) is 0.500. The predicted molar refractivity (Wildman–Crippen MR) is 71.9 cm³/mol. The van der Waals surface area contributed by atoms with Crippen LogP contribution in [0.15, 0.2) is 18.9 Å². The first-order valence-corrected chi connectivity index (χ1v) is 6.20. The average molecular weight is 281 g/mol. The number of carboxylic acid groups (broad SMARTS) is 1. The van der Waals surface area contributed by atoms with Gasteiger partial charge in [0.25, 0.3) is 0 Å². The molecule has 20 heavy (non-hydrogen) atoms. The summed E-state index contributed by atoms with van der Waals surface area (Å²) < 4.78 is 1.20. The van der Waals surface area contributed by atoms with Gasteiger partial charge in [0, 0.05) is 12.6 Å². The Morgan fingerprint density at radius 2 is 2.30 bits per heavy atom. The number of aromatic nitrogens is 3. The SMILES string of the molecule is C=CCN(C(=O)NCc1cn(CC(=O)O)nn1)C(C)C. The Hall–Kier alpha value is -2.38. The number of carbonyl (C=O) groups is 2. The first kappa shape index (κ1) is 15.7. The molecule has 8 heteroatoms. The van der Waals surface area contributed by atoms with Crippen molar-refractivity contribution >= 4 is 12.0 Å². The number of carboxylic acids is 1. The molecular formula is C12H19N5O3. The van der Waals surface area contributed by atoms with Gasteiger partial charge in [-0.1, -0.05) is 11.3 Å². The van der Waals surface area contributed by atoms with Crippen molar-refractivity contribution in [3.63, 3.8) is 0 Å². The monoisotopic (exact) mass is 281 g/mol. The summed E-state index contributed by atoms with van der Waals surface area (Å²) in [5, 5.41) is 18.8. The number of nitrogens with one attached hydrogen (secondary N) is 1. The summed E-state index contributed by atoms with van der Waals surface area (Å²) in [4.78, 5) is 24.1. The normalized spacial score (nSPS) is 10.3. The first-order chi connectivity index (χ1) is 9.43. The van der Waals surface area contributed by atoms with Crippen LogP contribution in [0.4, 0.5) is 4.79 Å². The lowest BCUT2D eigenvalue weighted by atomic mass is 10.3. The van der Waals surface area contributed by atoms with Crippen LogP contribution in [0.25, 0.3) is 0 Å². The summed E-state index contributed by atoms with van der Waals surface area (Å²) in [6, 6.07) is -0.177. The smallest absolute Gasteiger partial charge is 0.325 e. The summed E-state index contributed by atoms with van der Waals surface area (Å²) in [6.45, 7) is 7.82. The fourth-order valence-electron chi connectivity index (χ4n) is 1.57. The molecule has 0 aliphatic carbocycles. The van der Waals surface area contributed by atoms with E-state index in [0.717, 1.165) is 0 Å². The molecule has 0 aromatic carbocycles. The molecular weight excluding hydrogens is 262 g/mol. The lowest BCUT2D eigenvalue weighted by molar-refractivity contribution is -0.137. The number of rotatable bonds is 7. The van der Waals surface area contributed by atoms with Crippen molar-refractivity contribution in [1.82, 2.24) is 25.2 Å². The third-order valence-corrected chi connectivity index (χ3v) is 2.51. The van der Waals surface area contributed by atoms with Crippen LogP contribution in [-0.2, 0) is 17.9 Å². The largest absolute Gasteiger partial charge is 0.480 e. The van der Waals surface area contributed by atoms with E-state index in [9.17, 15) is 9.59 Å². The molecule has 0 fully saturated rings. The lowest BCUT2D eigenvalue weighted by Gasteiger charge is -2.25. The summed E-state index contributed by atoms with van der Waals surface area (Å²) in [5.74, 6) is -0.998. The zero-order chi connectivity index (χ0) is 15.1. The molecule has 2 N–H and O–H groups in total. The Kier molecular flexibility index (Phi) is 5.70.